The van der Waals surface area contributed by atoms with Gasteiger partial charge in [-0.25, -0.2) is 0 Å². The minimum absolute atomic E-state index is 0.184. The van der Waals surface area contributed by atoms with E-state index in [0.29, 0.717) is 19.5 Å². The molecule has 31 heavy (non-hydrogen) atoms. The zero-order valence-corrected chi connectivity index (χ0v) is 18.3. The number of hydrogen-bond acceptors (Lipinski definition) is 6. The minimum Gasteiger partial charge on any atom is -0.352 e. The average Bonchev–Trinajstić information content (AvgIpc) is 3.46. The number of carbonyl (C=O) groups is 1. The van der Waals surface area contributed by atoms with Crippen LogP contribution in [0.5, 0.6) is 0 Å². The number of hydrogen-bond donors (Lipinski definition) is 0. The van der Waals surface area contributed by atoms with E-state index in [1.54, 1.807) is 11.3 Å². The van der Waals surface area contributed by atoms with Gasteiger partial charge in [0.1, 0.15) is 5.82 Å². The summed E-state index contributed by atoms with van der Waals surface area (Å²) < 4.78 is 1.84. The second-order valence-corrected chi connectivity index (χ2v) is 8.90. The van der Waals surface area contributed by atoms with Crippen molar-refractivity contribution in [3.8, 4) is 0 Å². The Morgan fingerprint density at radius 1 is 1.00 bits per heavy atom. The largest absolute Gasteiger partial charge is 0.352 e. The van der Waals surface area contributed by atoms with Gasteiger partial charge in [-0.1, -0.05) is 35.9 Å². The maximum Gasteiger partial charge on any atom is 0.227 e. The van der Waals surface area contributed by atoms with Gasteiger partial charge in [-0.05, 0) is 36.1 Å². The van der Waals surface area contributed by atoms with Crippen LogP contribution in [0.2, 0.25) is 0 Å². The van der Waals surface area contributed by atoms with E-state index >= 15 is 0 Å². The lowest BCUT2D eigenvalue weighted by atomic mass is 10.1. The van der Waals surface area contributed by atoms with Gasteiger partial charge in [0.25, 0.3) is 0 Å². The highest BCUT2D eigenvalue weighted by Crippen LogP contribution is 2.18. The number of fused-ring (bicyclic) bond motifs is 1. The first-order valence-electron chi connectivity index (χ1n) is 10.5. The van der Waals surface area contributed by atoms with Gasteiger partial charge < -0.3 is 9.80 Å². The van der Waals surface area contributed by atoms with Crippen molar-refractivity contribution >= 4 is 28.7 Å². The second-order valence-electron chi connectivity index (χ2n) is 7.86. The number of aryl methyl sites for hydroxylation is 1. The van der Waals surface area contributed by atoms with Crippen LogP contribution in [0, 0.1) is 6.92 Å². The van der Waals surface area contributed by atoms with Gasteiger partial charge >= 0.3 is 0 Å². The Morgan fingerprint density at radius 2 is 1.81 bits per heavy atom. The number of benzene rings is 1. The topological polar surface area (TPSA) is 66.6 Å². The molecule has 0 saturated carbocycles. The van der Waals surface area contributed by atoms with Crippen LogP contribution < -0.4 is 4.90 Å². The Labute approximate surface area is 184 Å². The normalized spacial score (nSPS) is 14.4. The summed E-state index contributed by atoms with van der Waals surface area (Å²) in [5, 5.41) is 15.4. The van der Waals surface area contributed by atoms with Crippen LogP contribution in [-0.4, -0.2) is 56.8 Å². The molecule has 1 aliphatic rings. The molecule has 4 aromatic rings. The summed E-state index contributed by atoms with van der Waals surface area (Å²) in [4.78, 5) is 18.1. The molecule has 4 heterocycles. The highest BCUT2D eigenvalue weighted by atomic mass is 32.1. The van der Waals surface area contributed by atoms with E-state index in [9.17, 15) is 4.79 Å². The van der Waals surface area contributed by atoms with E-state index in [2.05, 4.69) is 45.6 Å². The van der Waals surface area contributed by atoms with Crippen molar-refractivity contribution in [1.29, 1.82) is 0 Å². The minimum atomic E-state index is 0.184. The van der Waals surface area contributed by atoms with Crippen molar-refractivity contribution in [1.82, 2.24) is 24.7 Å². The van der Waals surface area contributed by atoms with Gasteiger partial charge in [0, 0.05) is 37.5 Å². The lowest BCUT2D eigenvalue weighted by Crippen LogP contribution is -2.49. The van der Waals surface area contributed by atoms with Crippen molar-refractivity contribution in [3.63, 3.8) is 0 Å². The van der Waals surface area contributed by atoms with E-state index in [1.165, 1.54) is 10.4 Å². The standard InChI is InChI=1S/C23H24N6OS/c1-17-4-6-18(7-5-17)15-23(30)28-12-10-27(11-13-28)21-9-8-20-24-25-22(29(20)26-21)16-19-3-2-14-31-19/h2-9,14H,10-13,15-16H2,1H3. The summed E-state index contributed by atoms with van der Waals surface area (Å²) in [7, 11) is 0. The number of rotatable bonds is 5. The maximum atomic E-state index is 12.7. The molecule has 1 aromatic carbocycles. The molecule has 5 rings (SSSR count). The van der Waals surface area contributed by atoms with Crippen LogP contribution in [0.4, 0.5) is 5.82 Å². The number of carbonyl (C=O) groups excluding carboxylic acids is 1. The summed E-state index contributed by atoms with van der Waals surface area (Å²) in [5.41, 5.74) is 3.03. The van der Waals surface area contributed by atoms with Gasteiger partial charge in [-0.2, -0.15) is 4.52 Å². The molecule has 0 bridgehead atoms. The lowest BCUT2D eigenvalue weighted by Gasteiger charge is -2.35. The Hall–Kier alpha value is -3.26. The fourth-order valence-electron chi connectivity index (χ4n) is 3.85. The molecule has 0 spiro atoms. The van der Waals surface area contributed by atoms with Crippen molar-refractivity contribution in [2.75, 3.05) is 31.1 Å². The molecule has 3 aromatic heterocycles. The molecular weight excluding hydrogens is 408 g/mol. The van der Waals surface area contributed by atoms with E-state index in [4.69, 9.17) is 5.10 Å². The number of piperazine rings is 1. The predicted molar refractivity (Wildman–Crippen MR) is 122 cm³/mol. The first kappa shape index (κ1) is 19.7. The van der Waals surface area contributed by atoms with Gasteiger partial charge in [0.15, 0.2) is 11.5 Å². The molecule has 0 radical (unpaired) electrons. The van der Waals surface area contributed by atoms with Crippen LogP contribution in [0.25, 0.3) is 5.65 Å². The summed E-state index contributed by atoms with van der Waals surface area (Å²) >= 11 is 1.71. The first-order valence-corrected chi connectivity index (χ1v) is 11.4. The number of thiophene rings is 1. The number of anilines is 1. The zero-order chi connectivity index (χ0) is 21.2. The molecule has 1 amide bonds. The fourth-order valence-corrected chi connectivity index (χ4v) is 4.55. The quantitative estimate of drug-likeness (QED) is 0.485. The highest BCUT2D eigenvalue weighted by Gasteiger charge is 2.22. The number of amides is 1. The monoisotopic (exact) mass is 432 g/mol. The van der Waals surface area contributed by atoms with E-state index in [1.807, 2.05) is 39.7 Å². The molecule has 1 fully saturated rings. The molecule has 0 atom stereocenters. The van der Waals surface area contributed by atoms with Crippen molar-refractivity contribution in [2.45, 2.75) is 19.8 Å². The van der Waals surface area contributed by atoms with Crippen molar-refractivity contribution in [2.24, 2.45) is 0 Å². The molecule has 158 valence electrons. The summed E-state index contributed by atoms with van der Waals surface area (Å²) in [6.45, 7) is 4.99. The maximum absolute atomic E-state index is 12.7. The van der Waals surface area contributed by atoms with E-state index < -0.39 is 0 Å². The molecule has 1 aliphatic heterocycles. The number of aromatic nitrogens is 4. The predicted octanol–water partition coefficient (Wildman–Crippen LogP) is 2.98. The fraction of sp³-hybridized carbons (Fsp3) is 0.304. The first-order chi connectivity index (χ1) is 15.2. The smallest absolute Gasteiger partial charge is 0.227 e. The van der Waals surface area contributed by atoms with Gasteiger partial charge in [0.05, 0.1) is 6.42 Å². The Morgan fingerprint density at radius 3 is 2.55 bits per heavy atom. The zero-order valence-electron chi connectivity index (χ0n) is 17.4. The Bertz CT molecular complexity index is 1180. The molecule has 1 saturated heterocycles. The molecule has 7 nitrogen and oxygen atoms in total. The van der Waals surface area contributed by atoms with E-state index in [0.717, 1.165) is 42.4 Å². The van der Waals surface area contributed by atoms with Crippen molar-refractivity contribution in [3.05, 3.63) is 75.7 Å². The van der Waals surface area contributed by atoms with Crippen LogP contribution >= 0.6 is 11.3 Å². The molecule has 0 unspecified atom stereocenters. The Balaban J connectivity index is 1.24. The highest BCUT2D eigenvalue weighted by molar-refractivity contribution is 7.09. The van der Waals surface area contributed by atoms with Gasteiger partial charge in [0.2, 0.25) is 5.91 Å². The SMILES string of the molecule is Cc1ccc(CC(=O)N2CCN(c3ccc4nnc(Cc5cccs5)n4n3)CC2)cc1. The summed E-state index contributed by atoms with van der Waals surface area (Å²) in [6, 6.07) is 16.3. The molecule has 0 N–H and O–H groups in total. The average molecular weight is 433 g/mol. The van der Waals surface area contributed by atoms with Gasteiger partial charge in [-0.15, -0.1) is 26.6 Å². The molecule has 8 heteroatoms. The summed E-state index contributed by atoms with van der Waals surface area (Å²) in [6.07, 6.45) is 1.17. The van der Waals surface area contributed by atoms with Crippen LogP contribution in [0.1, 0.15) is 21.8 Å². The van der Waals surface area contributed by atoms with Crippen LogP contribution in [0.15, 0.2) is 53.9 Å². The lowest BCUT2D eigenvalue weighted by molar-refractivity contribution is -0.130. The molecule has 0 aliphatic carbocycles. The third kappa shape index (κ3) is 4.29. The second kappa shape index (κ2) is 8.47. The van der Waals surface area contributed by atoms with Crippen LogP contribution in [0.3, 0.4) is 0 Å². The Kier molecular flexibility index (Phi) is 5.38. The third-order valence-corrected chi connectivity index (χ3v) is 6.53. The summed E-state index contributed by atoms with van der Waals surface area (Å²) in [5.74, 6) is 1.92. The number of nitrogens with zero attached hydrogens (tertiary/aromatic N) is 6. The van der Waals surface area contributed by atoms with Gasteiger partial charge in [-0.3, -0.25) is 4.79 Å². The van der Waals surface area contributed by atoms with E-state index in [-0.39, 0.29) is 5.91 Å². The third-order valence-electron chi connectivity index (χ3n) is 5.66. The van der Waals surface area contributed by atoms with Crippen molar-refractivity contribution < 1.29 is 4.79 Å². The molecular formula is C23H24N6OS. The van der Waals surface area contributed by atoms with Crippen LogP contribution in [-0.2, 0) is 17.6 Å².